The maximum Gasteiger partial charge on any atom is 0.300 e. The Hall–Kier alpha value is -3.12. The van der Waals surface area contributed by atoms with Crippen LogP contribution in [-0.4, -0.2) is 15.0 Å². The molecule has 0 radical (unpaired) electrons. The van der Waals surface area contributed by atoms with Gasteiger partial charge in [-0.1, -0.05) is 17.7 Å². The zero-order valence-electron chi connectivity index (χ0n) is 14.2. The minimum atomic E-state index is 0.405. The molecule has 4 aromatic rings. The average Bonchev–Trinajstić information content (AvgIpc) is 2.95. The van der Waals surface area contributed by atoms with Gasteiger partial charge in [0, 0.05) is 27.8 Å². The topological polar surface area (TPSA) is 75.9 Å². The number of hydrogen-bond acceptors (Lipinski definition) is 6. The van der Waals surface area contributed by atoms with Crippen LogP contribution in [0.15, 0.2) is 52.9 Å². The monoisotopic (exact) mass is 365 g/mol. The van der Waals surface area contributed by atoms with Crippen molar-refractivity contribution in [3.63, 3.8) is 0 Å². The van der Waals surface area contributed by atoms with Crippen molar-refractivity contribution >= 4 is 46.0 Å². The van der Waals surface area contributed by atoms with Crippen LogP contribution >= 0.6 is 11.6 Å². The zero-order chi connectivity index (χ0) is 18.1. The average molecular weight is 366 g/mol. The third-order valence-electron chi connectivity index (χ3n) is 3.70. The normalized spacial score (nSPS) is 10.9. The molecular formula is C19H16ClN5O. The molecule has 26 heavy (non-hydrogen) atoms. The van der Waals surface area contributed by atoms with Gasteiger partial charge in [-0.15, -0.1) is 0 Å². The Morgan fingerprint density at radius 1 is 0.846 bits per heavy atom. The van der Waals surface area contributed by atoms with E-state index in [9.17, 15) is 0 Å². The van der Waals surface area contributed by atoms with E-state index < -0.39 is 0 Å². The number of hydrogen-bond donors (Lipinski definition) is 2. The van der Waals surface area contributed by atoms with E-state index in [2.05, 4.69) is 25.6 Å². The zero-order valence-corrected chi connectivity index (χ0v) is 15.0. The number of oxazole rings is 1. The highest BCUT2D eigenvalue weighted by Gasteiger charge is 2.07. The number of anilines is 4. The molecular weight excluding hydrogens is 350 g/mol. The number of rotatable bonds is 4. The molecule has 6 nitrogen and oxygen atoms in total. The van der Waals surface area contributed by atoms with Crippen molar-refractivity contribution in [2.75, 3.05) is 10.6 Å². The lowest BCUT2D eigenvalue weighted by Crippen LogP contribution is -2.00. The van der Waals surface area contributed by atoms with Crippen molar-refractivity contribution in [3.8, 4) is 0 Å². The van der Waals surface area contributed by atoms with Crippen molar-refractivity contribution in [1.82, 2.24) is 15.0 Å². The summed E-state index contributed by atoms with van der Waals surface area (Å²) < 4.78 is 5.69. The SMILES string of the molecule is Cc1cc(C)nc(Nc2cccc(Nc3nc4cc(Cl)ccc4o3)c2)n1. The first-order valence-electron chi connectivity index (χ1n) is 8.08. The van der Waals surface area contributed by atoms with Crippen LogP contribution in [0.4, 0.5) is 23.3 Å². The van der Waals surface area contributed by atoms with E-state index in [1.807, 2.05) is 44.2 Å². The van der Waals surface area contributed by atoms with Gasteiger partial charge in [0.25, 0.3) is 6.01 Å². The van der Waals surface area contributed by atoms with E-state index in [0.717, 1.165) is 22.8 Å². The number of fused-ring (bicyclic) bond motifs is 1. The van der Waals surface area contributed by atoms with E-state index >= 15 is 0 Å². The summed E-state index contributed by atoms with van der Waals surface area (Å²) in [5.41, 5.74) is 4.91. The molecule has 0 saturated heterocycles. The quantitative estimate of drug-likeness (QED) is 0.506. The third kappa shape index (κ3) is 3.60. The lowest BCUT2D eigenvalue weighted by Gasteiger charge is -2.08. The molecule has 2 N–H and O–H groups in total. The van der Waals surface area contributed by atoms with Gasteiger partial charge in [-0.3, -0.25) is 0 Å². The number of nitrogens with one attached hydrogen (secondary N) is 2. The summed E-state index contributed by atoms with van der Waals surface area (Å²) in [5.74, 6) is 0.566. The van der Waals surface area contributed by atoms with E-state index in [0.29, 0.717) is 28.1 Å². The van der Waals surface area contributed by atoms with Gasteiger partial charge in [-0.2, -0.15) is 4.98 Å². The summed E-state index contributed by atoms with van der Waals surface area (Å²) >= 11 is 5.99. The molecule has 0 atom stereocenters. The summed E-state index contributed by atoms with van der Waals surface area (Å²) in [6, 6.07) is 15.4. The van der Waals surface area contributed by atoms with Crippen LogP contribution in [0, 0.1) is 13.8 Å². The smallest absolute Gasteiger partial charge is 0.300 e. The molecule has 0 saturated carbocycles. The molecule has 4 rings (SSSR count). The Morgan fingerprint density at radius 3 is 2.35 bits per heavy atom. The van der Waals surface area contributed by atoms with Crippen LogP contribution in [0.3, 0.4) is 0 Å². The number of aromatic nitrogens is 3. The molecule has 0 fully saturated rings. The third-order valence-corrected chi connectivity index (χ3v) is 3.94. The van der Waals surface area contributed by atoms with Gasteiger partial charge in [0.1, 0.15) is 5.52 Å². The van der Waals surface area contributed by atoms with Crippen LogP contribution in [0.25, 0.3) is 11.1 Å². The van der Waals surface area contributed by atoms with Crippen LogP contribution < -0.4 is 10.6 Å². The largest absolute Gasteiger partial charge is 0.423 e. The number of benzene rings is 2. The Kier molecular flexibility index (Phi) is 4.18. The fourth-order valence-electron chi connectivity index (χ4n) is 2.66. The first kappa shape index (κ1) is 16.4. The Morgan fingerprint density at radius 2 is 1.58 bits per heavy atom. The van der Waals surface area contributed by atoms with Crippen molar-refractivity contribution in [3.05, 3.63) is 64.9 Å². The molecule has 0 spiro atoms. The van der Waals surface area contributed by atoms with Crippen molar-refractivity contribution in [2.45, 2.75) is 13.8 Å². The first-order valence-corrected chi connectivity index (χ1v) is 8.45. The summed E-state index contributed by atoms with van der Waals surface area (Å²) in [5, 5.41) is 7.00. The second-order valence-corrected chi connectivity index (χ2v) is 6.37. The van der Waals surface area contributed by atoms with Gasteiger partial charge in [-0.25, -0.2) is 9.97 Å². The Labute approximate surface area is 155 Å². The van der Waals surface area contributed by atoms with Crippen molar-refractivity contribution in [1.29, 1.82) is 0 Å². The molecule has 2 aromatic carbocycles. The van der Waals surface area contributed by atoms with E-state index in [1.54, 1.807) is 18.2 Å². The first-order chi connectivity index (χ1) is 12.5. The molecule has 0 aliphatic carbocycles. The molecule has 0 unspecified atom stereocenters. The molecule has 0 bridgehead atoms. The molecule has 0 amide bonds. The van der Waals surface area contributed by atoms with E-state index in [4.69, 9.17) is 16.0 Å². The predicted octanol–water partition coefficient (Wildman–Crippen LogP) is 5.38. The van der Waals surface area contributed by atoms with Gasteiger partial charge in [0.2, 0.25) is 5.95 Å². The molecule has 2 heterocycles. The lowest BCUT2D eigenvalue weighted by molar-refractivity contribution is 0.623. The molecule has 0 aliphatic rings. The predicted molar refractivity (Wildman–Crippen MR) is 104 cm³/mol. The minimum absolute atomic E-state index is 0.405. The summed E-state index contributed by atoms with van der Waals surface area (Å²) in [7, 11) is 0. The van der Waals surface area contributed by atoms with Crippen LogP contribution in [0.5, 0.6) is 0 Å². The molecule has 2 aromatic heterocycles. The lowest BCUT2D eigenvalue weighted by atomic mass is 10.3. The van der Waals surface area contributed by atoms with Crippen LogP contribution in [-0.2, 0) is 0 Å². The maximum absolute atomic E-state index is 5.99. The van der Waals surface area contributed by atoms with Gasteiger partial charge < -0.3 is 15.1 Å². The second-order valence-electron chi connectivity index (χ2n) is 5.94. The molecule has 7 heteroatoms. The second kappa shape index (κ2) is 6.65. The van der Waals surface area contributed by atoms with Crippen LogP contribution in [0.1, 0.15) is 11.4 Å². The van der Waals surface area contributed by atoms with Crippen molar-refractivity contribution in [2.24, 2.45) is 0 Å². The molecule has 0 aliphatic heterocycles. The highest BCUT2D eigenvalue weighted by Crippen LogP contribution is 2.26. The van der Waals surface area contributed by atoms with Gasteiger partial charge in [0.05, 0.1) is 0 Å². The maximum atomic E-state index is 5.99. The number of nitrogens with zero attached hydrogens (tertiary/aromatic N) is 3. The standard InChI is InChI=1S/C19H16ClN5O/c1-11-8-12(2)22-18(21-11)23-14-4-3-5-15(10-14)24-19-25-16-9-13(20)6-7-17(16)26-19/h3-10H,1-2H3,(H,24,25)(H,21,22,23). The van der Waals surface area contributed by atoms with Gasteiger partial charge in [0.15, 0.2) is 5.58 Å². The fraction of sp³-hybridized carbons (Fsp3) is 0.105. The highest BCUT2D eigenvalue weighted by molar-refractivity contribution is 6.31. The van der Waals surface area contributed by atoms with Crippen LogP contribution in [0.2, 0.25) is 5.02 Å². The van der Waals surface area contributed by atoms with E-state index in [-0.39, 0.29) is 0 Å². The Bertz CT molecular complexity index is 1070. The number of halogens is 1. The van der Waals surface area contributed by atoms with Gasteiger partial charge >= 0.3 is 0 Å². The van der Waals surface area contributed by atoms with Crippen molar-refractivity contribution < 1.29 is 4.42 Å². The highest BCUT2D eigenvalue weighted by atomic mass is 35.5. The summed E-state index contributed by atoms with van der Waals surface area (Å²) in [6.07, 6.45) is 0. The Balaban J connectivity index is 1.56. The fourth-order valence-corrected chi connectivity index (χ4v) is 2.83. The molecule has 130 valence electrons. The number of aryl methyl sites for hydroxylation is 2. The van der Waals surface area contributed by atoms with Gasteiger partial charge in [-0.05, 0) is 56.3 Å². The minimum Gasteiger partial charge on any atom is -0.423 e. The summed E-state index contributed by atoms with van der Waals surface area (Å²) in [6.45, 7) is 3.88. The summed E-state index contributed by atoms with van der Waals surface area (Å²) in [4.78, 5) is 13.2. The van der Waals surface area contributed by atoms with E-state index in [1.165, 1.54) is 0 Å².